The second-order valence-electron chi connectivity index (χ2n) is 3.09. The van der Waals surface area contributed by atoms with E-state index in [0.29, 0.717) is 13.1 Å². The zero-order chi connectivity index (χ0) is 13.4. The van der Waals surface area contributed by atoms with Crippen LogP contribution in [-0.4, -0.2) is 54.6 Å². The molecule has 0 heterocycles. The molecule has 0 aromatic heterocycles. The van der Waals surface area contributed by atoms with Crippen molar-refractivity contribution in [1.82, 2.24) is 5.32 Å². The Hall–Kier alpha value is -0.220. The summed E-state index contributed by atoms with van der Waals surface area (Å²) in [4.78, 5) is 0. The van der Waals surface area contributed by atoms with Gasteiger partial charge in [0.05, 0.1) is 24.7 Å². The summed E-state index contributed by atoms with van der Waals surface area (Å²) in [6.45, 7) is 3.66. The summed E-state index contributed by atoms with van der Waals surface area (Å²) >= 11 is 0. The second-order valence-corrected chi connectivity index (χ2v) is 6.94. The lowest BCUT2D eigenvalue weighted by atomic mass is 10.6. The predicted octanol–water partition coefficient (Wildman–Crippen LogP) is -0.691. The van der Waals surface area contributed by atoms with Crippen molar-refractivity contribution in [2.24, 2.45) is 0 Å². The monoisotopic (exact) mass is 289 g/mol. The summed E-state index contributed by atoms with van der Waals surface area (Å²) in [5.41, 5.74) is 0. The number of nitrogens with one attached hydrogen (secondary N) is 1. The van der Waals surface area contributed by atoms with E-state index < -0.39 is 20.2 Å². The Balaban J connectivity index is 3.49. The van der Waals surface area contributed by atoms with E-state index in [4.69, 9.17) is 0 Å². The van der Waals surface area contributed by atoms with Crippen molar-refractivity contribution in [3.05, 3.63) is 0 Å². The summed E-state index contributed by atoms with van der Waals surface area (Å²) in [5.74, 6) is -0.129. The summed E-state index contributed by atoms with van der Waals surface area (Å²) < 4.78 is 52.8. The highest BCUT2D eigenvalue weighted by molar-refractivity contribution is 7.86. The van der Waals surface area contributed by atoms with E-state index in [1.165, 1.54) is 13.8 Å². The van der Waals surface area contributed by atoms with Crippen molar-refractivity contribution in [2.75, 3.05) is 37.8 Å². The standard InChI is InChI=1S/C8H19NO6S2/c1-3-16(10,11)14-7-5-9-6-8-15-17(12,13)4-2/h9H,3-8H2,1-2H3. The first-order chi connectivity index (χ1) is 7.83. The number of hydrogen-bond donors (Lipinski definition) is 1. The van der Waals surface area contributed by atoms with Crippen molar-refractivity contribution in [3.8, 4) is 0 Å². The van der Waals surface area contributed by atoms with Crippen LogP contribution in [0.2, 0.25) is 0 Å². The van der Waals surface area contributed by atoms with E-state index >= 15 is 0 Å². The van der Waals surface area contributed by atoms with E-state index in [1.54, 1.807) is 0 Å². The molecule has 0 spiro atoms. The van der Waals surface area contributed by atoms with Gasteiger partial charge in [-0.15, -0.1) is 0 Å². The summed E-state index contributed by atoms with van der Waals surface area (Å²) in [6, 6.07) is 0. The van der Waals surface area contributed by atoms with E-state index in [2.05, 4.69) is 13.7 Å². The minimum absolute atomic E-state index is 0.0245. The average molecular weight is 289 g/mol. The van der Waals surface area contributed by atoms with Crippen LogP contribution in [0.25, 0.3) is 0 Å². The van der Waals surface area contributed by atoms with E-state index in [0.717, 1.165) is 0 Å². The molecule has 0 atom stereocenters. The van der Waals surface area contributed by atoms with E-state index in [9.17, 15) is 16.8 Å². The zero-order valence-electron chi connectivity index (χ0n) is 10.0. The van der Waals surface area contributed by atoms with Crippen molar-refractivity contribution >= 4 is 20.2 Å². The third-order valence-electron chi connectivity index (χ3n) is 1.79. The normalized spacial score (nSPS) is 12.8. The molecule has 1 N–H and O–H groups in total. The molecule has 0 aromatic carbocycles. The van der Waals surface area contributed by atoms with Gasteiger partial charge in [-0.05, 0) is 13.8 Å². The Morgan fingerprint density at radius 1 is 0.824 bits per heavy atom. The highest BCUT2D eigenvalue weighted by Crippen LogP contribution is 1.91. The van der Waals surface area contributed by atoms with Gasteiger partial charge < -0.3 is 5.32 Å². The molecule has 0 amide bonds. The molecule has 0 saturated heterocycles. The maximum absolute atomic E-state index is 10.9. The Labute approximate surface area is 103 Å². The Morgan fingerprint density at radius 3 is 1.47 bits per heavy atom. The highest BCUT2D eigenvalue weighted by Gasteiger charge is 2.07. The predicted molar refractivity (Wildman–Crippen MR) is 63.7 cm³/mol. The van der Waals surface area contributed by atoms with Crippen LogP contribution in [0.5, 0.6) is 0 Å². The Kier molecular flexibility index (Phi) is 7.88. The minimum atomic E-state index is -3.41. The molecule has 0 unspecified atom stereocenters. The Bertz CT molecular complexity index is 350. The third kappa shape index (κ3) is 9.48. The SMILES string of the molecule is CCS(=O)(=O)OCCNCCOS(=O)(=O)CC. The van der Waals surface area contributed by atoms with Crippen LogP contribution in [0.15, 0.2) is 0 Å². The first-order valence-electron chi connectivity index (χ1n) is 5.28. The minimum Gasteiger partial charge on any atom is -0.312 e. The summed E-state index contributed by atoms with van der Waals surface area (Å²) in [5, 5.41) is 2.80. The molecular formula is C8H19NO6S2. The lowest BCUT2D eigenvalue weighted by molar-refractivity contribution is 0.293. The topological polar surface area (TPSA) is 98.8 Å². The van der Waals surface area contributed by atoms with Gasteiger partial charge in [0.1, 0.15) is 0 Å². The second kappa shape index (κ2) is 7.98. The lowest BCUT2D eigenvalue weighted by Gasteiger charge is -2.06. The van der Waals surface area contributed by atoms with Crippen LogP contribution in [0.4, 0.5) is 0 Å². The van der Waals surface area contributed by atoms with Crippen LogP contribution in [0, 0.1) is 0 Å². The zero-order valence-corrected chi connectivity index (χ0v) is 11.6. The van der Waals surface area contributed by atoms with Crippen LogP contribution < -0.4 is 5.32 Å². The average Bonchev–Trinajstić information content (AvgIpc) is 2.27. The number of hydrogen-bond acceptors (Lipinski definition) is 7. The van der Waals surface area contributed by atoms with Crippen LogP contribution in [0.1, 0.15) is 13.8 Å². The molecule has 0 rings (SSSR count). The van der Waals surface area contributed by atoms with Crippen LogP contribution in [-0.2, 0) is 28.6 Å². The lowest BCUT2D eigenvalue weighted by Crippen LogP contribution is -2.26. The fourth-order valence-electron chi connectivity index (χ4n) is 0.773. The molecule has 0 aliphatic heterocycles. The molecule has 0 aliphatic carbocycles. The van der Waals surface area contributed by atoms with Gasteiger partial charge in [-0.3, -0.25) is 8.37 Å². The molecule has 17 heavy (non-hydrogen) atoms. The molecule has 0 aliphatic rings. The van der Waals surface area contributed by atoms with Crippen molar-refractivity contribution in [2.45, 2.75) is 13.8 Å². The van der Waals surface area contributed by atoms with Crippen molar-refractivity contribution in [1.29, 1.82) is 0 Å². The maximum atomic E-state index is 10.9. The fraction of sp³-hybridized carbons (Fsp3) is 1.00. The smallest absolute Gasteiger partial charge is 0.267 e. The molecule has 0 bridgehead atoms. The van der Waals surface area contributed by atoms with Gasteiger partial charge in [0.2, 0.25) is 0 Å². The molecule has 0 radical (unpaired) electrons. The first kappa shape index (κ1) is 16.8. The van der Waals surface area contributed by atoms with Crippen molar-refractivity contribution in [3.63, 3.8) is 0 Å². The molecule has 7 nitrogen and oxygen atoms in total. The summed E-state index contributed by atoms with van der Waals surface area (Å²) in [7, 11) is -6.81. The highest BCUT2D eigenvalue weighted by atomic mass is 32.2. The molecular weight excluding hydrogens is 270 g/mol. The molecule has 0 fully saturated rings. The van der Waals surface area contributed by atoms with Gasteiger partial charge in [-0.2, -0.15) is 16.8 Å². The van der Waals surface area contributed by atoms with E-state index in [1.807, 2.05) is 0 Å². The third-order valence-corrected chi connectivity index (χ3v) is 4.26. The summed E-state index contributed by atoms with van der Waals surface area (Å²) in [6.07, 6.45) is 0. The Morgan fingerprint density at radius 2 is 1.18 bits per heavy atom. The van der Waals surface area contributed by atoms with Gasteiger partial charge in [-0.1, -0.05) is 0 Å². The largest absolute Gasteiger partial charge is 0.312 e. The van der Waals surface area contributed by atoms with Crippen LogP contribution >= 0.6 is 0 Å². The molecule has 0 saturated carbocycles. The molecule has 104 valence electrons. The first-order valence-corrected chi connectivity index (χ1v) is 8.43. The van der Waals surface area contributed by atoms with Crippen LogP contribution in [0.3, 0.4) is 0 Å². The van der Waals surface area contributed by atoms with Gasteiger partial charge in [0.25, 0.3) is 20.2 Å². The molecule has 9 heteroatoms. The van der Waals surface area contributed by atoms with Gasteiger partial charge in [-0.25, -0.2) is 0 Å². The number of rotatable bonds is 10. The fourth-order valence-corrected chi connectivity index (χ4v) is 1.78. The van der Waals surface area contributed by atoms with Gasteiger partial charge in [0, 0.05) is 13.1 Å². The van der Waals surface area contributed by atoms with E-state index in [-0.39, 0.29) is 24.7 Å². The maximum Gasteiger partial charge on any atom is 0.267 e. The van der Waals surface area contributed by atoms with Gasteiger partial charge >= 0.3 is 0 Å². The quantitative estimate of drug-likeness (QED) is 0.420. The van der Waals surface area contributed by atoms with Crippen molar-refractivity contribution < 1.29 is 25.2 Å². The molecule has 0 aromatic rings. The van der Waals surface area contributed by atoms with Gasteiger partial charge in [0.15, 0.2) is 0 Å².